The molecule has 0 saturated heterocycles. The highest BCUT2D eigenvalue weighted by Gasteiger charge is 2.21. The quantitative estimate of drug-likeness (QED) is 0.195. The van der Waals surface area contributed by atoms with Crippen molar-refractivity contribution in [1.29, 1.82) is 0 Å². The van der Waals surface area contributed by atoms with Crippen molar-refractivity contribution < 1.29 is 37.1 Å². The SMILES string of the molecule is O=C(CCCNC(=O)NS(=O)(=O)c1ccc(F)cc1)NCCC(=O)N[C@H](Cc1cnc[nH]1)C(=O)O. The number of carbonyl (C=O) groups excluding carboxylic acids is 3. The number of aromatic amines is 1. The molecule has 2 rings (SSSR count). The first-order valence-electron chi connectivity index (χ1n) is 10.4. The monoisotopic (exact) mass is 512 g/mol. The largest absolute Gasteiger partial charge is 0.480 e. The van der Waals surface area contributed by atoms with Crippen LogP contribution in [0.5, 0.6) is 0 Å². The molecule has 1 atom stereocenters. The minimum atomic E-state index is -4.17. The number of nitrogens with one attached hydrogen (secondary N) is 5. The number of nitrogens with zero attached hydrogens (tertiary/aromatic N) is 1. The third-order valence-corrected chi connectivity index (χ3v) is 5.85. The van der Waals surface area contributed by atoms with Gasteiger partial charge in [0.15, 0.2) is 0 Å². The maximum atomic E-state index is 12.9. The van der Waals surface area contributed by atoms with Gasteiger partial charge in [-0.25, -0.2) is 32.1 Å². The van der Waals surface area contributed by atoms with Gasteiger partial charge in [-0.2, -0.15) is 0 Å². The van der Waals surface area contributed by atoms with Gasteiger partial charge in [0.2, 0.25) is 11.8 Å². The fraction of sp³-hybridized carbons (Fsp3) is 0.350. The zero-order chi connectivity index (χ0) is 25.8. The molecular formula is C20H25FN6O7S. The lowest BCUT2D eigenvalue weighted by Crippen LogP contribution is -2.43. The van der Waals surface area contributed by atoms with Crippen molar-refractivity contribution in [2.75, 3.05) is 13.1 Å². The van der Waals surface area contributed by atoms with Gasteiger partial charge >= 0.3 is 12.0 Å². The third kappa shape index (κ3) is 9.79. The van der Waals surface area contributed by atoms with E-state index in [1.807, 2.05) is 0 Å². The maximum Gasteiger partial charge on any atom is 0.328 e. The summed E-state index contributed by atoms with van der Waals surface area (Å²) in [6, 6.07) is 1.76. The average Bonchev–Trinajstić information content (AvgIpc) is 3.29. The Morgan fingerprint density at radius 3 is 2.37 bits per heavy atom. The van der Waals surface area contributed by atoms with Crippen LogP contribution in [-0.4, -0.2) is 66.4 Å². The van der Waals surface area contributed by atoms with E-state index in [0.717, 1.165) is 24.3 Å². The summed E-state index contributed by atoms with van der Waals surface area (Å²) in [6.45, 7) is -0.0303. The molecule has 190 valence electrons. The van der Waals surface area contributed by atoms with Crippen LogP contribution in [0.3, 0.4) is 0 Å². The van der Waals surface area contributed by atoms with Gasteiger partial charge in [-0.05, 0) is 30.7 Å². The maximum absolute atomic E-state index is 12.9. The van der Waals surface area contributed by atoms with Gasteiger partial charge in [-0.1, -0.05) is 0 Å². The number of hydrogen-bond acceptors (Lipinski definition) is 7. The smallest absolute Gasteiger partial charge is 0.328 e. The predicted molar refractivity (Wildman–Crippen MR) is 119 cm³/mol. The molecule has 15 heteroatoms. The molecule has 0 unspecified atom stereocenters. The van der Waals surface area contributed by atoms with Crippen molar-refractivity contribution in [2.45, 2.75) is 36.6 Å². The zero-order valence-corrected chi connectivity index (χ0v) is 19.2. The molecule has 1 heterocycles. The summed E-state index contributed by atoms with van der Waals surface area (Å²) in [4.78, 5) is 53.1. The normalized spacial score (nSPS) is 11.8. The van der Waals surface area contributed by atoms with Crippen molar-refractivity contribution in [3.63, 3.8) is 0 Å². The van der Waals surface area contributed by atoms with Crippen LogP contribution in [-0.2, 0) is 30.8 Å². The molecule has 13 nitrogen and oxygen atoms in total. The van der Waals surface area contributed by atoms with E-state index in [9.17, 15) is 37.1 Å². The second kappa shape index (κ2) is 13.0. The molecule has 0 radical (unpaired) electrons. The van der Waals surface area contributed by atoms with Crippen molar-refractivity contribution in [3.8, 4) is 0 Å². The number of urea groups is 1. The number of H-pyrrole nitrogens is 1. The number of aromatic nitrogens is 2. The van der Waals surface area contributed by atoms with E-state index < -0.39 is 45.7 Å². The summed E-state index contributed by atoms with van der Waals surface area (Å²) in [6.07, 6.45) is 2.91. The summed E-state index contributed by atoms with van der Waals surface area (Å²) in [5.74, 6) is -2.80. The molecule has 35 heavy (non-hydrogen) atoms. The number of carboxylic acids is 1. The summed E-state index contributed by atoms with van der Waals surface area (Å²) in [5, 5.41) is 16.4. The molecule has 1 aromatic heterocycles. The Morgan fingerprint density at radius 2 is 1.74 bits per heavy atom. The summed E-state index contributed by atoms with van der Waals surface area (Å²) >= 11 is 0. The Balaban J connectivity index is 1.61. The number of imidazole rings is 1. The highest BCUT2D eigenvalue weighted by Crippen LogP contribution is 2.09. The summed E-state index contributed by atoms with van der Waals surface area (Å²) < 4.78 is 38.7. The molecular weight excluding hydrogens is 487 g/mol. The number of hydrogen-bond donors (Lipinski definition) is 6. The molecule has 0 aliphatic carbocycles. The van der Waals surface area contributed by atoms with E-state index in [2.05, 4.69) is 25.9 Å². The summed E-state index contributed by atoms with van der Waals surface area (Å²) in [7, 11) is -4.17. The topological polar surface area (TPSA) is 199 Å². The number of aliphatic carboxylic acids is 1. The van der Waals surface area contributed by atoms with Gasteiger partial charge in [0, 0.05) is 44.2 Å². The minimum Gasteiger partial charge on any atom is -0.480 e. The van der Waals surface area contributed by atoms with Crippen LogP contribution in [0, 0.1) is 5.82 Å². The van der Waals surface area contributed by atoms with Gasteiger partial charge in [-0.15, -0.1) is 0 Å². The lowest BCUT2D eigenvalue weighted by molar-refractivity contribution is -0.141. The molecule has 6 N–H and O–H groups in total. The number of amides is 4. The van der Waals surface area contributed by atoms with Gasteiger partial charge in [0.05, 0.1) is 11.2 Å². The van der Waals surface area contributed by atoms with E-state index in [-0.39, 0.29) is 43.7 Å². The lowest BCUT2D eigenvalue weighted by atomic mass is 10.1. The Kier molecular flexibility index (Phi) is 10.1. The van der Waals surface area contributed by atoms with Crippen LogP contribution in [0.1, 0.15) is 25.0 Å². The van der Waals surface area contributed by atoms with Crippen LogP contribution in [0.15, 0.2) is 41.7 Å². The molecule has 0 spiro atoms. The van der Waals surface area contributed by atoms with Crippen LogP contribution >= 0.6 is 0 Å². The first-order valence-corrected chi connectivity index (χ1v) is 11.9. The van der Waals surface area contributed by atoms with E-state index in [1.165, 1.54) is 12.5 Å². The van der Waals surface area contributed by atoms with Gasteiger partial charge in [0.1, 0.15) is 11.9 Å². The van der Waals surface area contributed by atoms with Gasteiger partial charge in [0.25, 0.3) is 10.0 Å². The fourth-order valence-electron chi connectivity index (χ4n) is 2.77. The molecule has 0 aliphatic heterocycles. The standard InChI is InChI=1S/C20H25FN6O7S/c21-13-3-5-15(6-4-13)35(33,34)27-20(32)24-8-1-2-17(28)23-9-7-18(29)26-16(19(30)31)10-14-11-22-12-25-14/h3-6,11-12,16H,1-2,7-10H2,(H,22,25)(H,23,28)(H,26,29)(H,30,31)(H2,24,27,32)/t16-/m1/s1. The summed E-state index contributed by atoms with van der Waals surface area (Å²) in [5.41, 5.74) is 0.543. The number of carboxylic acid groups (broad SMARTS) is 1. The van der Waals surface area contributed by atoms with Crippen molar-refractivity contribution in [1.82, 2.24) is 30.6 Å². The average molecular weight is 513 g/mol. The number of rotatable bonds is 13. The van der Waals surface area contributed by atoms with E-state index >= 15 is 0 Å². The molecule has 1 aromatic carbocycles. The predicted octanol–water partition coefficient (Wildman–Crippen LogP) is -0.365. The molecule has 0 saturated carbocycles. The highest BCUT2D eigenvalue weighted by atomic mass is 32.2. The fourth-order valence-corrected chi connectivity index (χ4v) is 3.70. The van der Waals surface area contributed by atoms with Crippen LogP contribution in [0.2, 0.25) is 0 Å². The lowest BCUT2D eigenvalue weighted by Gasteiger charge is -2.14. The van der Waals surface area contributed by atoms with E-state index in [4.69, 9.17) is 0 Å². The molecule has 0 bridgehead atoms. The Morgan fingerprint density at radius 1 is 1.03 bits per heavy atom. The number of benzene rings is 1. The number of sulfonamides is 1. The van der Waals surface area contributed by atoms with Crippen molar-refractivity contribution in [2.24, 2.45) is 0 Å². The number of halogens is 1. The van der Waals surface area contributed by atoms with E-state index in [0.29, 0.717) is 5.69 Å². The third-order valence-electron chi connectivity index (χ3n) is 4.50. The minimum absolute atomic E-state index is 0.00737. The molecule has 2 aromatic rings. The van der Waals surface area contributed by atoms with Gasteiger partial charge < -0.3 is 26.0 Å². The van der Waals surface area contributed by atoms with Crippen LogP contribution in [0.4, 0.5) is 9.18 Å². The highest BCUT2D eigenvalue weighted by molar-refractivity contribution is 7.90. The first-order chi connectivity index (χ1) is 16.6. The Labute approximate surface area is 199 Å². The van der Waals surface area contributed by atoms with Crippen LogP contribution < -0.4 is 20.7 Å². The molecule has 4 amide bonds. The zero-order valence-electron chi connectivity index (χ0n) is 18.4. The number of carbonyl (C=O) groups is 4. The van der Waals surface area contributed by atoms with Gasteiger partial charge in [-0.3, -0.25) is 9.59 Å². The van der Waals surface area contributed by atoms with Crippen molar-refractivity contribution in [3.05, 3.63) is 48.3 Å². The molecule has 0 aliphatic rings. The van der Waals surface area contributed by atoms with Crippen molar-refractivity contribution >= 4 is 33.8 Å². The second-order valence-electron chi connectivity index (χ2n) is 7.26. The van der Waals surface area contributed by atoms with E-state index in [1.54, 1.807) is 4.72 Å². The molecule has 0 fully saturated rings. The first kappa shape index (κ1) is 27.2. The Hall–Kier alpha value is -4.01. The Bertz CT molecular complexity index is 1120. The second-order valence-corrected chi connectivity index (χ2v) is 8.94. The van der Waals surface area contributed by atoms with Crippen LogP contribution in [0.25, 0.3) is 0 Å².